The topological polar surface area (TPSA) is 42.2 Å². The van der Waals surface area contributed by atoms with E-state index in [1.54, 1.807) is 12.3 Å². The first-order valence-electron chi connectivity index (χ1n) is 5.54. The molecule has 0 fully saturated rings. The minimum atomic E-state index is -0.0792. The number of furan rings is 1. The molecule has 0 aliphatic heterocycles. The van der Waals surface area contributed by atoms with Crippen LogP contribution in [0.3, 0.4) is 0 Å². The first-order chi connectivity index (χ1) is 8.16. The molecule has 1 aromatic heterocycles. The Morgan fingerprint density at radius 1 is 1.24 bits per heavy atom. The fourth-order valence-corrected chi connectivity index (χ4v) is 1.57. The maximum absolute atomic E-state index is 11.9. The lowest BCUT2D eigenvalue weighted by atomic mass is 10.1. The van der Waals surface area contributed by atoms with E-state index in [2.05, 4.69) is 5.32 Å². The first-order valence-corrected chi connectivity index (χ1v) is 5.54. The molecule has 1 N–H and O–H groups in total. The summed E-state index contributed by atoms with van der Waals surface area (Å²) in [6, 6.07) is 9.32. The summed E-state index contributed by atoms with van der Waals surface area (Å²) in [6.45, 7) is 4.44. The van der Waals surface area contributed by atoms with Crippen LogP contribution in [-0.2, 0) is 6.54 Å². The average Bonchev–Trinajstić information content (AvgIpc) is 2.82. The largest absolute Gasteiger partial charge is 0.467 e. The summed E-state index contributed by atoms with van der Waals surface area (Å²) in [4.78, 5) is 11.9. The molecule has 2 aromatic rings. The van der Waals surface area contributed by atoms with Crippen LogP contribution in [0.1, 0.15) is 27.2 Å². The van der Waals surface area contributed by atoms with E-state index in [9.17, 15) is 4.79 Å². The van der Waals surface area contributed by atoms with E-state index < -0.39 is 0 Å². The summed E-state index contributed by atoms with van der Waals surface area (Å²) in [6.07, 6.45) is 1.59. The van der Waals surface area contributed by atoms with Gasteiger partial charge in [-0.25, -0.2) is 0 Å². The van der Waals surface area contributed by atoms with Crippen LogP contribution in [0.25, 0.3) is 0 Å². The highest BCUT2D eigenvalue weighted by Gasteiger charge is 2.06. The van der Waals surface area contributed by atoms with Gasteiger partial charge < -0.3 is 9.73 Å². The number of amides is 1. The standard InChI is InChI=1S/C14H15NO2/c1-10-5-6-12(8-11(10)2)14(16)15-9-13-4-3-7-17-13/h3-8H,9H2,1-2H3,(H,15,16). The number of hydrogen-bond donors (Lipinski definition) is 1. The first kappa shape index (κ1) is 11.5. The highest BCUT2D eigenvalue weighted by atomic mass is 16.3. The summed E-state index contributed by atoms with van der Waals surface area (Å²) < 4.78 is 5.15. The number of hydrogen-bond acceptors (Lipinski definition) is 2. The lowest BCUT2D eigenvalue weighted by Crippen LogP contribution is -2.22. The fraction of sp³-hybridized carbons (Fsp3) is 0.214. The molecule has 1 amide bonds. The van der Waals surface area contributed by atoms with Gasteiger partial charge in [-0.15, -0.1) is 0 Å². The van der Waals surface area contributed by atoms with Gasteiger partial charge >= 0.3 is 0 Å². The van der Waals surface area contributed by atoms with Gasteiger partial charge in [-0.3, -0.25) is 4.79 Å². The Labute approximate surface area is 100 Å². The minimum Gasteiger partial charge on any atom is -0.467 e. The van der Waals surface area contributed by atoms with Gasteiger partial charge in [0.15, 0.2) is 0 Å². The average molecular weight is 229 g/mol. The highest BCUT2D eigenvalue weighted by molar-refractivity contribution is 5.94. The van der Waals surface area contributed by atoms with Crippen molar-refractivity contribution in [3.8, 4) is 0 Å². The van der Waals surface area contributed by atoms with Crippen molar-refractivity contribution in [3.63, 3.8) is 0 Å². The van der Waals surface area contributed by atoms with Crippen LogP contribution in [0.15, 0.2) is 41.0 Å². The zero-order chi connectivity index (χ0) is 12.3. The summed E-state index contributed by atoms with van der Waals surface area (Å²) in [5.41, 5.74) is 2.99. The van der Waals surface area contributed by atoms with E-state index in [0.717, 1.165) is 11.3 Å². The summed E-state index contributed by atoms with van der Waals surface area (Å²) in [5, 5.41) is 2.82. The third-order valence-corrected chi connectivity index (χ3v) is 2.77. The van der Waals surface area contributed by atoms with Crippen molar-refractivity contribution in [1.82, 2.24) is 5.32 Å². The van der Waals surface area contributed by atoms with E-state index in [1.165, 1.54) is 5.56 Å². The normalized spacial score (nSPS) is 10.2. The zero-order valence-corrected chi connectivity index (χ0v) is 9.99. The Hall–Kier alpha value is -2.03. The quantitative estimate of drug-likeness (QED) is 0.879. The predicted molar refractivity (Wildman–Crippen MR) is 65.8 cm³/mol. The molecular weight excluding hydrogens is 214 g/mol. The molecule has 0 spiro atoms. The van der Waals surface area contributed by atoms with Gasteiger partial charge in [0.25, 0.3) is 5.91 Å². The van der Waals surface area contributed by atoms with Crippen molar-refractivity contribution < 1.29 is 9.21 Å². The molecule has 0 bridgehead atoms. The molecule has 17 heavy (non-hydrogen) atoms. The zero-order valence-electron chi connectivity index (χ0n) is 9.99. The second-order valence-corrected chi connectivity index (χ2v) is 4.06. The van der Waals surface area contributed by atoms with Crippen LogP contribution in [0, 0.1) is 13.8 Å². The van der Waals surface area contributed by atoms with Crippen molar-refractivity contribution in [2.24, 2.45) is 0 Å². The fourth-order valence-electron chi connectivity index (χ4n) is 1.57. The van der Waals surface area contributed by atoms with Crippen molar-refractivity contribution in [1.29, 1.82) is 0 Å². The van der Waals surface area contributed by atoms with Gasteiger partial charge in [-0.2, -0.15) is 0 Å². The van der Waals surface area contributed by atoms with E-state index in [-0.39, 0.29) is 5.91 Å². The maximum atomic E-state index is 11.9. The molecule has 1 aromatic carbocycles. The lowest BCUT2D eigenvalue weighted by molar-refractivity contribution is 0.0948. The van der Waals surface area contributed by atoms with Crippen molar-refractivity contribution >= 4 is 5.91 Å². The highest BCUT2D eigenvalue weighted by Crippen LogP contribution is 2.10. The van der Waals surface area contributed by atoms with Gasteiger partial charge in [0.1, 0.15) is 5.76 Å². The summed E-state index contributed by atoms with van der Waals surface area (Å²) >= 11 is 0. The summed E-state index contributed by atoms with van der Waals surface area (Å²) in [7, 11) is 0. The third kappa shape index (κ3) is 2.75. The van der Waals surface area contributed by atoms with Crippen LogP contribution in [-0.4, -0.2) is 5.91 Å². The Bertz CT molecular complexity index is 515. The molecule has 3 heteroatoms. The Morgan fingerprint density at radius 2 is 2.06 bits per heavy atom. The van der Waals surface area contributed by atoms with E-state index in [1.807, 2.05) is 38.1 Å². The number of carbonyl (C=O) groups is 1. The molecule has 0 aliphatic carbocycles. The van der Waals surface area contributed by atoms with Crippen LogP contribution in [0.5, 0.6) is 0 Å². The number of benzene rings is 1. The molecule has 0 aliphatic rings. The van der Waals surface area contributed by atoms with Crippen molar-refractivity contribution in [2.45, 2.75) is 20.4 Å². The van der Waals surface area contributed by atoms with Gasteiger partial charge in [0.2, 0.25) is 0 Å². The molecule has 2 rings (SSSR count). The molecule has 0 radical (unpaired) electrons. The maximum Gasteiger partial charge on any atom is 0.251 e. The molecule has 88 valence electrons. The molecule has 0 atom stereocenters. The van der Waals surface area contributed by atoms with E-state index >= 15 is 0 Å². The second-order valence-electron chi connectivity index (χ2n) is 4.06. The smallest absolute Gasteiger partial charge is 0.251 e. The Kier molecular flexibility index (Phi) is 3.28. The molecule has 0 saturated carbocycles. The SMILES string of the molecule is Cc1ccc(C(=O)NCc2ccco2)cc1C. The third-order valence-electron chi connectivity index (χ3n) is 2.77. The molecule has 0 saturated heterocycles. The van der Waals surface area contributed by atoms with Crippen LogP contribution >= 0.6 is 0 Å². The second kappa shape index (κ2) is 4.87. The lowest BCUT2D eigenvalue weighted by Gasteiger charge is -2.05. The Balaban J connectivity index is 2.02. The predicted octanol–water partition coefficient (Wildman–Crippen LogP) is 2.83. The number of rotatable bonds is 3. The molecular formula is C14H15NO2. The molecule has 0 unspecified atom stereocenters. The van der Waals surface area contributed by atoms with Crippen molar-refractivity contribution in [3.05, 3.63) is 59.0 Å². The molecule has 1 heterocycles. The van der Waals surface area contributed by atoms with Gasteiger partial charge in [-0.05, 0) is 49.2 Å². The van der Waals surface area contributed by atoms with Gasteiger partial charge in [-0.1, -0.05) is 6.07 Å². The van der Waals surface area contributed by atoms with Gasteiger partial charge in [0, 0.05) is 5.56 Å². The minimum absolute atomic E-state index is 0.0792. The monoisotopic (exact) mass is 229 g/mol. The number of carbonyl (C=O) groups excluding carboxylic acids is 1. The van der Waals surface area contributed by atoms with E-state index in [0.29, 0.717) is 12.1 Å². The number of nitrogens with one attached hydrogen (secondary N) is 1. The Morgan fingerprint density at radius 3 is 2.71 bits per heavy atom. The van der Waals surface area contributed by atoms with Crippen molar-refractivity contribution in [2.75, 3.05) is 0 Å². The van der Waals surface area contributed by atoms with E-state index in [4.69, 9.17) is 4.42 Å². The summed E-state index contributed by atoms with van der Waals surface area (Å²) in [5.74, 6) is 0.673. The van der Waals surface area contributed by atoms with Crippen LogP contribution < -0.4 is 5.32 Å². The number of aryl methyl sites for hydroxylation is 2. The molecule has 3 nitrogen and oxygen atoms in total. The van der Waals surface area contributed by atoms with Crippen LogP contribution in [0.4, 0.5) is 0 Å². The van der Waals surface area contributed by atoms with Crippen LogP contribution in [0.2, 0.25) is 0 Å². The van der Waals surface area contributed by atoms with Gasteiger partial charge in [0.05, 0.1) is 12.8 Å².